The van der Waals surface area contributed by atoms with Crippen LogP contribution >= 0.6 is 0 Å². The fraction of sp³-hybridized carbons (Fsp3) is 0.412. The predicted octanol–water partition coefficient (Wildman–Crippen LogP) is 5.15. The van der Waals surface area contributed by atoms with Crippen molar-refractivity contribution in [1.29, 1.82) is 0 Å². The molecule has 2 aromatic heterocycles. The quantitative estimate of drug-likeness (QED) is 0.765. The molecule has 0 saturated carbocycles. The number of hydrogen-bond acceptors (Lipinski definition) is 2. The van der Waals surface area contributed by atoms with Gasteiger partial charge in [0.05, 0.1) is 11.9 Å². The van der Waals surface area contributed by atoms with Crippen molar-refractivity contribution >= 4 is 0 Å². The maximum Gasteiger partial charge on any atom is 0.144 e. The smallest absolute Gasteiger partial charge is 0.144 e. The molecule has 0 aliphatic carbocycles. The molecule has 0 fully saturated rings. The van der Waals surface area contributed by atoms with Crippen molar-refractivity contribution in [3.63, 3.8) is 0 Å². The minimum atomic E-state index is -0.271. The maximum absolute atomic E-state index is 12.8. The first-order valence-electron chi connectivity index (χ1n) is 7.25. The van der Waals surface area contributed by atoms with Crippen molar-refractivity contribution < 1.29 is 8.78 Å². The summed E-state index contributed by atoms with van der Waals surface area (Å²) in [4.78, 5) is 7.72. The van der Waals surface area contributed by atoms with E-state index in [1.807, 2.05) is 34.6 Å². The van der Waals surface area contributed by atoms with Crippen LogP contribution in [0.25, 0.3) is 0 Å². The molecule has 4 heteroatoms. The lowest BCUT2D eigenvalue weighted by molar-refractivity contribution is 0.584. The van der Waals surface area contributed by atoms with Gasteiger partial charge in [0.2, 0.25) is 0 Å². The summed E-state index contributed by atoms with van der Waals surface area (Å²) in [6, 6.07) is 6.14. The van der Waals surface area contributed by atoms with E-state index in [0.29, 0.717) is 5.69 Å². The average Bonchev–Trinajstić information content (AvgIpc) is 2.51. The summed E-state index contributed by atoms with van der Waals surface area (Å²) < 4.78 is 24.9. The molecule has 0 aromatic carbocycles. The van der Waals surface area contributed by atoms with E-state index in [-0.39, 0.29) is 17.6 Å². The monoisotopic (exact) mass is 294 g/mol. The number of aromatic nitrogens is 2. The summed E-state index contributed by atoms with van der Waals surface area (Å²) in [5, 5.41) is 0. The molecule has 21 heavy (non-hydrogen) atoms. The maximum atomic E-state index is 12.8. The summed E-state index contributed by atoms with van der Waals surface area (Å²) in [6.07, 6.45) is 3.71. The number of pyridine rings is 2. The molecule has 0 saturated heterocycles. The van der Waals surface area contributed by atoms with E-state index in [2.05, 4.69) is 9.97 Å². The lowest BCUT2D eigenvalue weighted by atomic mass is 10.1. The summed E-state index contributed by atoms with van der Waals surface area (Å²) in [6.45, 7) is 9.83. The third-order valence-electron chi connectivity index (χ3n) is 2.48. The van der Waals surface area contributed by atoms with Crippen LogP contribution in [0.5, 0.6) is 0 Å². The summed E-state index contributed by atoms with van der Waals surface area (Å²) in [5.41, 5.74) is 1.47. The lowest BCUT2D eigenvalue weighted by Crippen LogP contribution is -1.95. The van der Waals surface area contributed by atoms with Gasteiger partial charge in [-0.15, -0.1) is 0 Å². The number of aryl methyl sites for hydroxylation is 1. The molecule has 2 heterocycles. The standard InChI is InChI=1S/C8H10FN.C7H8FN.C2H6/c1-6(2)8-7(9)4-3-5-10-8;1-2-7-4-3-6(8)5-9-7;1-2/h3-6H,1-2H3;3-5H,2H2,1H3;1-2H3. The number of rotatable bonds is 2. The molecular weight excluding hydrogens is 270 g/mol. The van der Waals surface area contributed by atoms with Crippen LogP contribution in [0.4, 0.5) is 8.78 Å². The fourth-order valence-electron chi connectivity index (χ4n) is 1.44. The molecular formula is C17H24F2N2. The third-order valence-corrected chi connectivity index (χ3v) is 2.48. The third kappa shape index (κ3) is 7.49. The molecule has 0 unspecified atom stereocenters. The van der Waals surface area contributed by atoms with Crippen LogP contribution in [0, 0.1) is 11.6 Å². The Morgan fingerprint density at radius 1 is 1.05 bits per heavy atom. The Hall–Kier alpha value is -1.84. The zero-order valence-corrected chi connectivity index (χ0v) is 13.4. The Morgan fingerprint density at radius 2 is 1.71 bits per heavy atom. The molecule has 0 atom stereocenters. The summed E-state index contributed by atoms with van der Waals surface area (Å²) in [7, 11) is 0. The van der Waals surface area contributed by atoms with Gasteiger partial charge in [0.15, 0.2) is 0 Å². The van der Waals surface area contributed by atoms with E-state index in [1.54, 1.807) is 18.3 Å². The van der Waals surface area contributed by atoms with Crippen molar-refractivity contribution in [1.82, 2.24) is 9.97 Å². The Morgan fingerprint density at radius 3 is 2.10 bits per heavy atom. The van der Waals surface area contributed by atoms with Crippen LogP contribution in [0.3, 0.4) is 0 Å². The van der Waals surface area contributed by atoms with Crippen LogP contribution in [-0.2, 0) is 6.42 Å². The molecule has 0 radical (unpaired) electrons. The van der Waals surface area contributed by atoms with Crippen molar-refractivity contribution in [2.24, 2.45) is 0 Å². The summed E-state index contributed by atoms with van der Waals surface area (Å²) >= 11 is 0. The number of hydrogen-bond donors (Lipinski definition) is 0. The lowest BCUT2D eigenvalue weighted by Gasteiger charge is -2.02. The second kappa shape index (κ2) is 10.9. The van der Waals surface area contributed by atoms with Gasteiger partial charge in [-0.1, -0.05) is 34.6 Å². The van der Waals surface area contributed by atoms with Gasteiger partial charge in [-0.25, -0.2) is 8.78 Å². The van der Waals surface area contributed by atoms with E-state index in [9.17, 15) is 8.78 Å². The molecule has 0 amide bonds. The van der Waals surface area contributed by atoms with E-state index >= 15 is 0 Å². The fourth-order valence-corrected chi connectivity index (χ4v) is 1.44. The van der Waals surface area contributed by atoms with Crippen molar-refractivity contribution in [3.8, 4) is 0 Å². The highest BCUT2D eigenvalue weighted by molar-refractivity contribution is 5.10. The molecule has 0 aliphatic rings. The van der Waals surface area contributed by atoms with E-state index in [4.69, 9.17) is 0 Å². The predicted molar refractivity (Wildman–Crippen MR) is 83.2 cm³/mol. The molecule has 0 aliphatic heterocycles. The zero-order chi connectivity index (χ0) is 16.3. The minimum Gasteiger partial charge on any atom is -0.258 e. The van der Waals surface area contributed by atoms with Crippen LogP contribution in [0.15, 0.2) is 36.7 Å². The first kappa shape index (κ1) is 19.2. The first-order chi connectivity index (χ1) is 10.0. The van der Waals surface area contributed by atoms with E-state index in [1.165, 1.54) is 18.3 Å². The molecule has 0 bridgehead atoms. The van der Waals surface area contributed by atoms with Gasteiger partial charge >= 0.3 is 0 Å². The van der Waals surface area contributed by atoms with Gasteiger partial charge in [-0.05, 0) is 36.6 Å². The molecule has 0 N–H and O–H groups in total. The Kier molecular flexibility index (Phi) is 9.94. The minimum absolute atomic E-state index is 0.168. The number of halogens is 2. The topological polar surface area (TPSA) is 25.8 Å². The SMILES string of the molecule is CC.CC(C)c1ncccc1F.CCc1ccc(F)cn1. The highest BCUT2D eigenvalue weighted by atomic mass is 19.1. The average molecular weight is 294 g/mol. The van der Waals surface area contributed by atoms with Crippen molar-refractivity contribution in [2.45, 2.75) is 47.0 Å². The van der Waals surface area contributed by atoms with Gasteiger partial charge in [-0.3, -0.25) is 9.97 Å². The second-order valence-electron chi connectivity index (χ2n) is 4.35. The molecule has 116 valence electrons. The first-order valence-corrected chi connectivity index (χ1v) is 7.25. The van der Waals surface area contributed by atoms with Crippen molar-refractivity contribution in [2.75, 3.05) is 0 Å². The van der Waals surface area contributed by atoms with Gasteiger partial charge in [0, 0.05) is 11.9 Å². The van der Waals surface area contributed by atoms with E-state index in [0.717, 1.165) is 12.1 Å². The normalized spacial score (nSPS) is 9.33. The molecule has 0 spiro atoms. The highest BCUT2D eigenvalue weighted by Gasteiger charge is 2.04. The van der Waals surface area contributed by atoms with Gasteiger partial charge in [-0.2, -0.15) is 0 Å². The Bertz CT molecular complexity index is 496. The van der Waals surface area contributed by atoms with Crippen LogP contribution in [0.1, 0.15) is 51.9 Å². The van der Waals surface area contributed by atoms with Gasteiger partial charge in [0.1, 0.15) is 11.6 Å². The second-order valence-corrected chi connectivity index (χ2v) is 4.35. The summed E-state index contributed by atoms with van der Waals surface area (Å²) in [5.74, 6) is -0.314. The van der Waals surface area contributed by atoms with Gasteiger partial charge in [0.25, 0.3) is 0 Å². The van der Waals surface area contributed by atoms with Crippen LogP contribution in [0.2, 0.25) is 0 Å². The van der Waals surface area contributed by atoms with Crippen molar-refractivity contribution in [3.05, 3.63) is 59.7 Å². The molecule has 2 aromatic rings. The number of nitrogens with zero attached hydrogens (tertiary/aromatic N) is 2. The molecule has 2 nitrogen and oxygen atoms in total. The van der Waals surface area contributed by atoms with E-state index < -0.39 is 0 Å². The van der Waals surface area contributed by atoms with Crippen LogP contribution < -0.4 is 0 Å². The largest absolute Gasteiger partial charge is 0.258 e. The Labute approximate surface area is 126 Å². The van der Waals surface area contributed by atoms with Gasteiger partial charge < -0.3 is 0 Å². The molecule has 2 rings (SSSR count). The highest BCUT2D eigenvalue weighted by Crippen LogP contribution is 2.13. The zero-order valence-electron chi connectivity index (χ0n) is 13.4. The Balaban J connectivity index is 0.000000342. The van der Waals surface area contributed by atoms with Crippen LogP contribution in [-0.4, -0.2) is 9.97 Å².